The third kappa shape index (κ3) is 6.58. The molecular formula is C21H30N4O4. The van der Waals surface area contributed by atoms with Gasteiger partial charge in [-0.15, -0.1) is 0 Å². The minimum Gasteiger partial charge on any atom is -0.345 e. The summed E-state index contributed by atoms with van der Waals surface area (Å²) in [6.07, 6.45) is 1.70. The Hall–Kier alpha value is -2.90. The van der Waals surface area contributed by atoms with Gasteiger partial charge >= 0.3 is 11.8 Å². The predicted octanol–water partition coefficient (Wildman–Crippen LogP) is 1.16. The Bertz CT molecular complexity index is 777. The summed E-state index contributed by atoms with van der Waals surface area (Å²) in [6.45, 7) is 9.80. The monoisotopic (exact) mass is 402 g/mol. The highest BCUT2D eigenvalue weighted by Gasteiger charge is 2.28. The van der Waals surface area contributed by atoms with Crippen LogP contribution >= 0.6 is 0 Å². The van der Waals surface area contributed by atoms with Crippen LogP contribution in [0.25, 0.3) is 0 Å². The number of amides is 4. The maximum Gasteiger partial charge on any atom is 0.327 e. The van der Waals surface area contributed by atoms with Crippen LogP contribution in [0.3, 0.4) is 0 Å². The zero-order valence-electron chi connectivity index (χ0n) is 17.6. The van der Waals surface area contributed by atoms with E-state index in [2.05, 4.69) is 42.3 Å². The lowest BCUT2D eigenvalue weighted by atomic mass is 9.86. The first-order valence-corrected chi connectivity index (χ1v) is 9.81. The molecule has 4 amide bonds. The molecule has 1 aromatic carbocycles. The summed E-state index contributed by atoms with van der Waals surface area (Å²) < 4.78 is 0. The van der Waals surface area contributed by atoms with Gasteiger partial charge in [0.2, 0.25) is 0 Å². The lowest BCUT2D eigenvalue weighted by Crippen LogP contribution is -2.56. The van der Waals surface area contributed by atoms with Crippen molar-refractivity contribution in [2.24, 2.45) is 5.92 Å². The smallest absolute Gasteiger partial charge is 0.327 e. The van der Waals surface area contributed by atoms with Crippen molar-refractivity contribution in [2.75, 3.05) is 0 Å². The minimum absolute atomic E-state index is 0.0284. The standard InChI is InChI=1S/C21H30N4O4/c1-12(2)16(18(27)24-25-20(29)19(28)22-15-10-11-15)23-17(26)13-6-8-14(9-7-13)21(3,4)5/h6-9,12,15-16H,10-11H2,1-5H3,(H,22,28)(H,23,26)(H,24,27)(H,25,29)/t16-/m0/s1. The molecule has 1 aliphatic rings. The van der Waals surface area contributed by atoms with Gasteiger partial charge in [-0.25, -0.2) is 0 Å². The van der Waals surface area contributed by atoms with Crippen molar-refractivity contribution in [2.45, 2.75) is 65.0 Å². The number of hydrazine groups is 1. The van der Waals surface area contributed by atoms with Crippen molar-refractivity contribution in [3.63, 3.8) is 0 Å². The number of benzene rings is 1. The van der Waals surface area contributed by atoms with E-state index in [1.54, 1.807) is 26.0 Å². The molecule has 0 saturated heterocycles. The van der Waals surface area contributed by atoms with Crippen LogP contribution < -0.4 is 21.5 Å². The quantitative estimate of drug-likeness (QED) is 0.437. The van der Waals surface area contributed by atoms with Gasteiger partial charge in [0.1, 0.15) is 6.04 Å². The van der Waals surface area contributed by atoms with Crippen LogP contribution in [0, 0.1) is 5.92 Å². The van der Waals surface area contributed by atoms with E-state index in [-0.39, 0.29) is 17.4 Å². The molecule has 2 rings (SSSR count). The van der Waals surface area contributed by atoms with Gasteiger partial charge < -0.3 is 10.6 Å². The maximum atomic E-state index is 12.6. The number of rotatable bonds is 5. The molecule has 0 radical (unpaired) electrons. The van der Waals surface area contributed by atoms with Crippen LogP contribution in [0.1, 0.15) is 63.4 Å². The fourth-order valence-corrected chi connectivity index (χ4v) is 2.61. The van der Waals surface area contributed by atoms with Crippen molar-refractivity contribution in [1.82, 2.24) is 21.5 Å². The van der Waals surface area contributed by atoms with Crippen molar-refractivity contribution in [1.29, 1.82) is 0 Å². The molecule has 158 valence electrons. The molecule has 1 aromatic rings. The Morgan fingerprint density at radius 3 is 2.00 bits per heavy atom. The fourth-order valence-electron chi connectivity index (χ4n) is 2.61. The molecule has 1 saturated carbocycles. The molecule has 0 aliphatic heterocycles. The zero-order chi connectivity index (χ0) is 21.8. The Labute approximate surface area is 171 Å². The van der Waals surface area contributed by atoms with Crippen molar-refractivity contribution >= 4 is 23.6 Å². The number of hydrogen-bond donors (Lipinski definition) is 4. The summed E-state index contributed by atoms with van der Waals surface area (Å²) in [5.41, 5.74) is 5.80. The lowest BCUT2D eigenvalue weighted by molar-refractivity contribution is -0.141. The number of carbonyl (C=O) groups excluding carboxylic acids is 4. The second-order valence-electron chi connectivity index (χ2n) is 8.71. The number of hydrogen-bond acceptors (Lipinski definition) is 4. The first kappa shape index (κ1) is 22.4. The topological polar surface area (TPSA) is 116 Å². The molecule has 0 spiro atoms. The van der Waals surface area contributed by atoms with E-state index < -0.39 is 29.7 Å². The van der Waals surface area contributed by atoms with E-state index in [1.165, 1.54) is 0 Å². The minimum atomic E-state index is -0.947. The van der Waals surface area contributed by atoms with Crippen LogP contribution in [0.15, 0.2) is 24.3 Å². The van der Waals surface area contributed by atoms with Gasteiger partial charge in [0.15, 0.2) is 0 Å². The molecular weight excluding hydrogens is 372 g/mol. The average Bonchev–Trinajstić information content (AvgIpc) is 3.46. The second-order valence-corrected chi connectivity index (χ2v) is 8.71. The highest BCUT2D eigenvalue weighted by molar-refractivity contribution is 6.35. The number of nitrogens with one attached hydrogen (secondary N) is 4. The van der Waals surface area contributed by atoms with Gasteiger partial charge in [-0.1, -0.05) is 46.8 Å². The van der Waals surface area contributed by atoms with E-state index in [0.717, 1.165) is 18.4 Å². The Balaban J connectivity index is 1.93. The molecule has 8 nitrogen and oxygen atoms in total. The molecule has 0 bridgehead atoms. The summed E-state index contributed by atoms with van der Waals surface area (Å²) in [6, 6.07) is 6.37. The SMILES string of the molecule is CC(C)[C@H](NC(=O)c1ccc(C(C)(C)C)cc1)C(=O)NNC(=O)C(=O)NC1CC1. The highest BCUT2D eigenvalue weighted by Crippen LogP contribution is 2.22. The van der Waals surface area contributed by atoms with Crippen LogP contribution in [-0.4, -0.2) is 35.7 Å². The summed E-state index contributed by atoms with van der Waals surface area (Å²) in [5.74, 6) is -2.97. The lowest BCUT2D eigenvalue weighted by Gasteiger charge is -2.22. The summed E-state index contributed by atoms with van der Waals surface area (Å²) in [5, 5.41) is 5.21. The van der Waals surface area contributed by atoms with Gasteiger partial charge in [-0.3, -0.25) is 30.0 Å². The van der Waals surface area contributed by atoms with Crippen LogP contribution in [0.2, 0.25) is 0 Å². The molecule has 0 heterocycles. The van der Waals surface area contributed by atoms with Crippen LogP contribution in [0.4, 0.5) is 0 Å². The van der Waals surface area contributed by atoms with E-state index >= 15 is 0 Å². The Morgan fingerprint density at radius 1 is 0.931 bits per heavy atom. The predicted molar refractivity (Wildman–Crippen MR) is 109 cm³/mol. The molecule has 1 fully saturated rings. The van der Waals surface area contributed by atoms with Gasteiger partial charge in [-0.2, -0.15) is 0 Å². The molecule has 1 atom stereocenters. The second kappa shape index (κ2) is 9.07. The summed E-state index contributed by atoms with van der Waals surface area (Å²) in [7, 11) is 0. The first-order chi connectivity index (χ1) is 13.5. The molecule has 4 N–H and O–H groups in total. The molecule has 0 aromatic heterocycles. The van der Waals surface area contributed by atoms with Crippen molar-refractivity contribution in [3.8, 4) is 0 Å². The average molecular weight is 402 g/mol. The first-order valence-electron chi connectivity index (χ1n) is 9.81. The van der Waals surface area contributed by atoms with Crippen molar-refractivity contribution in [3.05, 3.63) is 35.4 Å². The summed E-state index contributed by atoms with van der Waals surface area (Å²) >= 11 is 0. The van der Waals surface area contributed by atoms with Crippen molar-refractivity contribution < 1.29 is 19.2 Å². The summed E-state index contributed by atoms with van der Waals surface area (Å²) in [4.78, 5) is 48.3. The molecule has 1 aliphatic carbocycles. The van der Waals surface area contributed by atoms with Crippen LogP contribution in [0.5, 0.6) is 0 Å². The third-order valence-corrected chi connectivity index (χ3v) is 4.67. The Kier molecular flexibility index (Phi) is 7.00. The molecule has 8 heteroatoms. The Morgan fingerprint density at radius 2 is 1.52 bits per heavy atom. The molecule has 29 heavy (non-hydrogen) atoms. The van der Waals surface area contributed by atoms with E-state index in [4.69, 9.17) is 0 Å². The van der Waals surface area contributed by atoms with E-state index in [9.17, 15) is 19.2 Å². The largest absolute Gasteiger partial charge is 0.345 e. The third-order valence-electron chi connectivity index (χ3n) is 4.67. The van der Waals surface area contributed by atoms with Gasteiger partial charge in [-0.05, 0) is 41.9 Å². The van der Waals surface area contributed by atoms with Crippen LogP contribution in [-0.2, 0) is 19.8 Å². The molecule has 0 unspecified atom stereocenters. The van der Waals surface area contributed by atoms with E-state index in [0.29, 0.717) is 5.56 Å². The van der Waals surface area contributed by atoms with Gasteiger partial charge in [0.25, 0.3) is 11.8 Å². The number of carbonyl (C=O) groups is 4. The van der Waals surface area contributed by atoms with Gasteiger partial charge in [0.05, 0.1) is 0 Å². The maximum absolute atomic E-state index is 12.6. The fraction of sp³-hybridized carbons (Fsp3) is 0.524. The zero-order valence-corrected chi connectivity index (χ0v) is 17.6. The normalized spacial score (nSPS) is 14.7. The van der Waals surface area contributed by atoms with E-state index in [1.807, 2.05) is 12.1 Å². The van der Waals surface area contributed by atoms with Gasteiger partial charge in [0, 0.05) is 11.6 Å². The highest BCUT2D eigenvalue weighted by atomic mass is 16.2.